The number of fused-ring (bicyclic) bond motifs is 3. The van der Waals surface area contributed by atoms with Gasteiger partial charge in [-0.05, 0) is 41.6 Å². The lowest BCUT2D eigenvalue weighted by Crippen LogP contribution is -2.68. The summed E-state index contributed by atoms with van der Waals surface area (Å²) < 4.78 is 0. The number of Topliss-reactive ketones (excluding diaryl/α,β-unsaturated/α-hetero) is 1. The van der Waals surface area contributed by atoms with Crippen molar-refractivity contribution in [3.63, 3.8) is 0 Å². The molecular formula is C19H24N2O4. The largest absolute Gasteiger partial charge is 0.506 e. The third-order valence-corrected chi connectivity index (χ3v) is 6.04. The maximum Gasteiger partial charge on any atom is 0.153 e. The highest BCUT2D eigenvalue weighted by Gasteiger charge is 2.61. The lowest BCUT2D eigenvalue weighted by Gasteiger charge is -2.57. The van der Waals surface area contributed by atoms with Gasteiger partial charge in [-0.25, -0.2) is 0 Å². The summed E-state index contributed by atoms with van der Waals surface area (Å²) >= 11 is 0. The van der Waals surface area contributed by atoms with Gasteiger partial charge >= 0.3 is 0 Å². The molecule has 0 heterocycles. The van der Waals surface area contributed by atoms with Crippen molar-refractivity contribution in [3.8, 4) is 5.75 Å². The fourth-order valence-corrected chi connectivity index (χ4v) is 4.84. The topological polar surface area (TPSA) is 99.0 Å². The second-order valence-electron chi connectivity index (χ2n) is 7.09. The number of benzene rings is 1. The summed E-state index contributed by atoms with van der Waals surface area (Å²) in [5.74, 6) is -0.151. The number of ketones is 1. The first-order chi connectivity index (χ1) is 11.9. The lowest BCUT2D eigenvalue weighted by atomic mass is 9.51. The first-order valence-corrected chi connectivity index (χ1v) is 8.70. The van der Waals surface area contributed by atoms with E-state index in [1.54, 1.807) is 12.1 Å². The molecule has 0 aliphatic heterocycles. The Morgan fingerprint density at radius 3 is 2.88 bits per heavy atom. The van der Waals surface area contributed by atoms with Gasteiger partial charge < -0.3 is 15.5 Å². The standard InChI is InChI=1S/C19H24N2O4/c1-3-9-20-15-10-12-5-6-14(23)17(21-25)16(12)18(4-2)11-13(22)7-8-19(15,18)24/h3,5-6,15,20,23-24H,1,4,7-11H2,2H3/t15?,18-,19?/m0/s1. The van der Waals surface area contributed by atoms with E-state index in [0.29, 0.717) is 37.8 Å². The quantitative estimate of drug-likeness (QED) is 0.563. The number of carbonyl (C=O) groups excluding carboxylic acids is 1. The third kappa shape index (κ3) is 2.43. The first-order valence-electron chi connectivity index (χ1n) is 8.70. The van der Waals surface area contributed by atoms with Crippen molar-refractivity contribution < 1.29 is 15.0 Å². The molecule has 3 N–H and O–H groups in total. The number of nitroso groups, excluding NO2 is 1. The van der Waals surface area contributed by atoms with Gasteiger partial charge in [-0.1, -0.05) is 19.1 Å². The van der Waals surface area contributed by atoms with E-state index in [4.69, 9.17) is 0 Å². The molecule has 6 heteroatoms. The highest BCUT2D eigenvalue weighted by Crippen LogP contribution is 2.57. The van der Waals surface area contributed by atoms with Crippen LogP contribution in [-0.4, -0.2) is 34.2 Å². The van der Waals surface area contributed by atoms with Gasteiger partial charge in [-0.15, -0.1) is 11.5 Å². The summed E-state index contributed by atoms with van der Waals surface area (Å²) in [6.45, 7) is 6.16. The normalized spacial score (nSPS) is 31.1. The minimum Gasteiger partial charge on any atom is -0.506 e. The van der Waals surface area contributed by atoms with E-state index in [9.17, 15) is 19.9 Å². The predicted octanol–water partition coefficient (Wildman–Crippen LogP) is 2.62. The zero-order chi connectivity index (χ0) is 18.2. The number of phenolic OH excluding ortho intramolecular Hbond substituents is 1. The zero-order valence-electron chi connectivity index (χ0n) is 14.4. The summed E-state index contributed by atoms with van der Waals surface area (Å²) in [6.07, 6.45) is 3.48. The van der Waals surface area contributed by atoms with Gasteiger partial charge in [0.2, 0.25) is 0 Å². The number of aliphatic hydroxyl groups is 1. The third-order valence-electron chi connectivity index (χ3n) is 6.04. The molecule has 1 saturated carbocycles. The van der Waals surface area contributed by atoms with Crippen LogP contribution in [0.2, 0.25) is 0 Å². The van der Waals surface area contributed by atoms with E-state index < -0.39 is 11.0 Å². The molecule has 0 radical (unpaired) electrons. The molecule has 0 spiro atoms. The van der Waals surface area contributed by atoms with Crippen LogP contribution < -0.4 is 5.32 Å². The smallest absolute Gasteiger partial charge is 0.153 e. The Hall–Kier alpha value is -2.05. The highest BCUT2D eigenvalue weighted by molar-refractivity contribution is 5.83. The number of aromatic hydroxyl groups is 1. The van der Waals surface area contributed by atoms with Crippen molar-refractivity contribution in [1.29, 1.82) is 0 Å². The molecule has 2 aliphatic rings. The number of hydrogen-bond donors (Lipinski definition) is 3. The number of nitrogens with one attached hydrogen (secondary N) is 1. The maximum atomic E-state index is 12.3. The van der Waals surface area contributed by atoms with Crippen LogP contribution in [0.4, 0.5) is 5.69 Å². The molecule has 25 heavy (non-hydrogen) atoms. The van der Waals surface area contributed by atoms with Crippen LogP contribution in [0.3, 0.4) is 0 Å². The molecule has 2 unspecified atom stereocenters. The Morgan fingerprint density at radius 1 is 1.48 bits per heavy atom. The number of carbonyl (C=O) groups is 1. The molecule has 0 amide bonds. The highest BCUT2D eigenvalue weighted by atomic mass is 16.3. The lowest BCUT2D eigenvalue weighted by molar-refractivity contribution is -0.142. The molecular weight excluding hydrogens is 320 g/mol. The fraction of sp³-hybridized carbons (Fsp3) is 0.526. The average Bonchev–Trinajstić information content (AvgIpc) is 2.61. The zero-order valence-corrected chi connectivity index (χ0v) is 14.4. The molecule has 0 aromatic heterocycles. The molecule has 1 fully saturated rings. The summed E-state index contributed by atoms with van der Waals surface area (Å²) in [5.41, 5.74) is -0.794. The second-order valence-corrected chi connectivity index (χ2v) is 7.09. The van der Waals surface area contributed by atoms with Crippen LogP contribution in [0.5, 0.6) is 5.75 Å². The predicted molar refractivity (Wildman–Crippen MR) is 95.0 cm³/mol. The van der Waals surface area contributed by atoms with Crippen LogP contribution in [0, 0.1) is 4.91 Å². The van der Waals surface area contributed by atoms with Gasteiger partial charge in [0.25, 0.3) is 0 Å². The number of nitrogens with zero attached hydrogens (tertiary/aromatic N) is 1. The Morgan fingerprint density at radius 2 is 2.24 bits per heavy atom. The van der Waals surface area contributed by atoms with Gasteiger partial charge in [-0.3, -0.25) is 4.79 Å². The molecule has 3 rings (SSSR count). The van der Waals surface area contributed by atoms with Crippen LogP contribution in [0.25, 0.3) is 0 Å². The van der Waals surface area contributed by atoms with E-state index in [0.717, 1.165) is 5.56 Å². The van der Waals surface area contributed by atoms with Gasteiger partial charge in [-0.2, -0.15) is 0 Å². The van der Waals surface area contributed by atoms with Crippen molar-refractivity contribution in [1.82, 2.24) is 5.32 Å². The van der Waals surface area contributed by atoms with Crippen molar-refractivity contribution in [3.05, 3.63) is 40.8 Å². The molecule has 1 aromatic rings. The maximum absolute atomic E-state index is 12.3. The number of hydrogen-bond acceptors (Lipinski definition) is 6. The molecule has 134 valence electrons. The minimum atomic E-state index is -1.20. The first kappa shape index (κ1) is 17.8. The van der Waals surface area contributed by atoms with Gasteiger partial charge in [0.15, 0.2) is 5.69 Å². The van der Waals surface area contributed by atoms with Gasteiger partial charge in [0, 0.05) is 30.8 Å². The van der Waals surface area contributed by atoms with Crippen molar-refractivity contribution in [2.45, 2.75) is 56.1 Å². The second kappa shape index (κ2) is 6.35. The minimum absolute atomic E-state index is 0.0466. The van der Waals surface area contributed by atoms with Crippen molar-refractivity contribution in [2.75, 3.05) is 6.54 Å². The van der Waals surface area contributed by atoms with Crippen molar-refractivity contribution in [2.24, 2.45) is 5.18 Å². The molecule has 2 aliphatic carbocycles. The van der Waals surface area contributed by atoms with Crippen molar-refractivity contribution >= 4 is 11.5 Å². The fourth-order valence-electron chi connectivity index (χ4n) is 4.84. The number of rotatable bonds is 5. The average molecular weight is 344 g/mol. The van der Waals surface area contributed by atoms with Crippen LogP contribution in [0.15, 0.2) is 30.0 Å². The Bertz CT molecular complexity index is 732. The Balaban J connectivity index is 2.28. The monoisotopic (exact) mass is 344 g/mol. The van der Waals surface area contributed by atoms with Crippen LogP contribution in [-0.2, 0) is 16.6 Å². The summed E-state index contributed by atoms with van der Waals surface area (Å²) in [7, 11) is 0. The molecule has 6 nitrogen and oxygen atoms in total. The Labute approximate surface area is 146 Å². The van der Waals surface area contributed by atoms with Gasteiger partial charge in [0.05, 0.1) is 5.60 Å². The van der Waals surface area contributed by atoms with E-state index in [1.807, 2.05) is 6.92 Å². The summed E-state index contributed by atoms with van der Waals surface area (Å²) in [6, 6.07) is 2.95. The summed E-state index contributed by atoms with van der Waals surface area (Å²) in [5, 5.41) is 28.2. The van der Waals surface area contributed by atoms with E-state index in [-0.39, 0.29) is 29.7 Å². The number of phenols is 1. The van der Waals surface area contributed by atoms with E-state index >= 15 is 0 Å². The van der Waals surface area contributed by atoms with E-state index in [2.05, 4.69) is 17.1 Å². The Kier molecular flexibility index (Phi) is 4.51. The van der Waals surface area contributed by atoms with Crippen LogP contribution >= 0.6 is 0 Å². The molecule has 0 saturated heterocycles. The SMILES string of the molecule is C=CCNC1Cc2ccc(O)c(N=O)c2[C@]2(CC)CC(=O)CCC12O. The molecule has 3 atom stereocenters. The van der Waals surface area contributed by atoms with E-state index in [1.165, 1.54) is 6.07 Å². The van der Waals surface area contributed by atoms with Crippen LogP contribution in [0.1, 0.15) is 43.7 Å². The molecule has 1 aromatic carbocycles. The summed E-state index contributed by atoms with van der Waals surface area (Å²) in [4.78, 5) is 23.8. The molecule has 0 bridgehead atoms. The van der Waals surface area contributed by atoms with Gasteiger partial charge in [0.1, 0.15) is 11.5 Å².